The number of benzene rings is 3. The average Bonchev–Trinajstić information content (AvgIpc) is 2.77. The van der Waals surface area contributed by atoms with E-state index in [1.807, 2.05) is 61.5 Å². The third-order valence-electron chi connectivity index (χ3n) is 5.17. The molecule has 3 aromatic carbocycles. The molecule has 0 aliphatic carbocycles. The minimum Gasteiger partial charge on any atom is -0.321 e. The van der Waals surface area contributed by atoms with Crippen LogP contribution in [0.5, 0.6) is 0 Å². The number of carbonyl (C=O) groups excluding carboxylic acids is 1. The number of aryl methyl sites for hydroxylation is 1. The van der Waals surface area contributed by atoms with Gasteiger partial charge in [-0.15, -0.1) is 6.58 Å². The van der Waals surface area contributed by atoms with Crippen molar-refractivity contribution in [3.8, 4) is 0 Å². The number of amides is 1. The van der Waals surface area contributed by atoms with Gasteiger partial charge in [-0.3, -0.25) is 9.10 Å². The maximum atomic E-state index is 13.7. The van der Waals surface area contributed by atoms with Crippen LogP contribution in [-0.4, -0.2) is 20.9 Å². The van der Waals surface area contributed by atoms with Crippen molar-refractivity contribution in [2.75, 3.05) is 16.2 Å². The first-order valence-corrected chi connectivity index (χ1v) is 11.3. The van der Waals surface area contributed by atoms with Crippen molar-refractivity contribution in [3.63, 3.8) is 0 Å². The van der Waals surface area contributed by atoms with Crippen molar-refractivity contribution in [2.45, 2.75) is 6.92 Å². The molecule has 0 fully saturated rings. The van der Waals surface area contributed by atoms with Crippen LogP contribution in [0.3, 0.4) is 0 Å². The highest BCUT2D eigenvalue weighted by Gasteiger charge is 2.40. The lowest BCUT2D eigenvalue weighted by Crippen LogP contribution is -2.39. The highest BCUT2D eigenvalue weighted by Crippen LogP contribution is 2.42. The van der Waals surface area contributed by atoms with Crippen LogP contribution in [0.15, 0.2) is 96.4 Å². The first-order valence-electron chi connectivity index (χ1n) is 9.85. The molecule has 1 aliphatic rings. The lowest BCUT2D eigenvalue weighted by Gasteiger charge is -2.32. The Morgan fingerprint density at radius 3 is 2.32 bits per heavy atom. The Balaban J connectivity index is 2.00. The van der Waals surface area contributed by atoms with Gasteiger partial charge in [0.1, 0.15) is 0 Å². The van der Waals surface area contributed by atoms with Crippen molar-refractivity contribution < 1.29 is 13.2 Å². The van der Waals surface area contributed by atoms with Gasteiger partial charge in [0, 0.05) is 16.8 Å². The molecule has 1 aliphatic heterocycles. The summed E-state index contributed by atoms with van der Waals surface area (Å²) in [6, 6.07) is 23.6. The van der Waals surface area contributed by atoms with E-state index in [1.54, 1.807) is 24.3 Å². The summed E-state index contributed by atoms with van der Waals surface area (Å²) in [5.41, 5.74) is 3.66. The van der Waals surface area contributed by atoms with E-state index in [9.17, 15) is 13.2 Å². The van der Waals surface area contributed by atoms with Crippen LogP contribution in [0.1, 0.15) is 16.7 Å². The number of sulfonamides is 1. The molecule has 0 saturated heterocycles. The molecular weight excluding hydrogens is 408 g/mol. The van der Waals surface area contributed by atoms with Gasteiger partial charge < -0.3 is 5.32 Å². The fourth-order valence-electron chi connectivity index (χ4n) is 3.72. The molecule has 1 N–H and O–H groups in total. The highest BCUT2D eigenvalue weighted by molar-refractivity contribution is 7.97. The number of carbonyl (C=O) groups is 1. The molecule has 0 unspecified atom stereocenters. The number of nitrogens with zero attached hydrogens (tertiary/aromatic N) is 1. The van der Waals surface area contributed by atoms with Crippen LogP contribution in [-0.2, 0) is 14.8 Å². The van der Waals surface area contributed by atoms with Crippen molar-refractivity contribution >= 4 is 32.9 Å². The third-order valence-corrected chi connectivity index (χ3v) is 7.01. The lowest BCUT2D eigenvalue weighted by atomic mass is 9.95. The van der Waals surface area contributed by atoms with E-state index in [4.69, 9.17) is 0 Å². The second-order valence-corrected chi connectivity index (χ2v) is 8.98. The molecule has 6 heteroatoms. The number of fused-ring (bicyclic) bond motifs is 1. The first-order chi connectivity index (χ1) is 14.9. The maximum absolute atomic E-state index is 13.7. The Hall–Kier alpha value is -3.64. The SMILES string of the molecule is C=CCN1c2ccccc2C(c2ccccc2)=C(C(=O)Nc2ccccc2C)S1(=O)=O. The number of rotatable bonds is 5. The molecule has 0 radical (unpaired) electrons. The normalized spacial score (nSPS) is 14.7. The van der Waals surface area contributed by atoms with Crippen molar-refractivity contribution in [2.24, 2.45) is 0 Å². The lowest BCUT2D eigenvalue weighted by molar-refractivity contribution is -0.112. The van der Waals surface area contributed by atoms with Gasteiger partial charge in [-0.1, -0.05) is 72.8 Å². The van der Waals surface area contributed by atoms with E-state index in [2.05, 4.69) is 11.9 Å². The largest absolute Gasteiger partial charge is 0.321 e. The highest BCUT2D eigenvalue weighted by atomic mass is 32.2. The van der Waals surface area contributed by atoms with Crippen molar-refractivity contribution in [1.82, 2.24) is 0 Å². The second-order valence-electron chi connectivity index (χ2n) is 7.18. The average molecular weight is 431 g/mol. The van der Waals surface area contributed by atoms with Gasteiger partial charge in [0.2, 0.25) is 0 Å². The summed E-state index contributed by atoms with van der Waals surface area (Å²) in [6.45, 7) is 5.61. The summed E-state index contributed by atoms with van der Waals surface area (Å²) >= 11 is 0. The summed E-state index contributed by atoms with van der Waals surface area (Å²) in [4.78, 5) is 13.2. The molecule has 0 bridgehead atoms. The molecule has 3 aromatic rings. The van der Waals surface area contributed by atoms with E-state index < -0.39 is 15.9 Å². The monoisotopic (exact) mass is 430 g/mol. The van der Waals surface area contributed by atoms with Gasteiger partial charge in [0.15, 0.2) is 4.91 Å². The minimum atomic E-state index is -4.14. The standard InChI is InChI=1S/C25H22N2O3S/c1-3-17-27-22-16-10-8-14-20(22)23(19-12-5-4-6-13-19)24(31(27,29)30)25(28)26-21-15-9-7-11-18(21)2/h3-16H,1,17H2,2H3,(H,26,28). The number of para-hydroxylation sites is 2. The molecule has 31 heavy (non-hydrogen) atoms. The van der Waals surface area contributed by atoms with Gasteiger partial charge in [-0.2, -0.15) is 0 Å². The Morgan fingerprint density at radius 1 is 0.968 bits per heavy atom. The fourth-order valence-corrected chi connectivity index (χ4v) is 5.43. The third kappa shape index (κ3) is 3.66. The maximum Gasteiger partial charge on any atom is 0.270 e. The molecule has 0 aromatic heterocycles. The smallest absolute Gasteiger partial charge is 0.270 e. The minimum absolute atomic E-state index is 0.0581. The Kier molecular flexibility index (Phi) is 5.48. The Bertz CT molecular complexity index is 1300. The summed E-state index contributed by atoms with van der Waals surface area (Å²) in [6.07, 6.45) is 1.51. The van der Waals surface area contributed by atoms with Gasteiger partial charge in [0.25, 0.3) is 15.9 Å². The van der Waals surface area contributed by atoms with Gasteiger partial charge >= 0.3 is 0 Å². The van der Waals surface area contributed by atoms with Crippen LogP contribution >= 0.6 is 0 Å². The van der Waals surface area contributed by atoms with Crippen LogP contribution in [0, 0.1) is 6.92 Å². The van der Waals surface area contributed by atoms with Crippen molar-refractivity contribution in [3.05, 3.63) is 113 Å². The van der Waals surface area contributed by atoms with E-state index in [0.29, 0.717) is 28.1 Å². The zero-order chi connectivity index (χ0) is 22.0. The number of hydrogen-bond acceptors (Lipinski definition) is 3. The Morgan fingerprint density at radius 2 is 1.61 bits per heavy atom. The molecule has 0 saturated carbocycles. The summed E-state index contributed by atoms with van der Waals surface area (Å²) in [5.74, 6) is -0.670. The first kappa shape index (κ1) is 20.6. The molecule has 5 nitrogen and oxygen atoms in total. The van der Waals surface area contributed by atoms with Gasteiger partial charge in [0.05, 0.1) is 12.2 Å². The predicted octanol–water partition coefficient (Wildman–Crippen LogP) is 4.73. The fraction of sp³-hybridized carbons (Fsp3) is 0.0800. The van der Waals surface area contributed by atoms with Crippen LogP contribution < -0.4 is 9.62 Å². The zero-order valence-corrected chi connectivity index (χ0v) is 17.9. The molecular formula is C25H22N2O3S. The van der Waals surface area contributed by atoms with E-state index >= 15 is 0 Å². The second kappa shape index (κ2) is 8.24. The van der Waals surface area contributed by atoms with Crippen LogP contribution in [0.25, 0.3) is 5.57 Å². The van der Waals surface area contributed by atoms with Gasteiger partial charge in [-0.25, -0.2) is 8.42 Å². The number of nitrogens with one attached hydrogen (secondary N) is 1. The quantitative estimate of drug-likeness (QED) is 0.595. The van der Waals surface area contributed by atoms with E-state index in [1.165, 1.54) is 10.4 Å². The van der Waals surface area contributed by atoms with E-state index in [-0.39, 0.29) is 11.4 Å². The van der Waals surface area contributed by atoms with Crippen LogP contribution in [0.2, 0.25) is 0 Å². The summed E-state index contributed by atoms with van der Waals surface area (Å²) in [7, 11) is -4.14. The summed E-state index contributed by atoms with van der Waals surface area (Å²) < 4.78 is 28.7. The topological polar surface area (TPSA) is 66.5 Å². The number of hydrogen-bond donors (Lipinski definition) is 1. The Labute approximate surface area is 182 Å². The van der Waals surface area contributed by atoms with E-state index in [0.717, 1.165) is 5.56 Å². The molecule has 1 amide bonds. The molecule has 1 heterocycles. The van der Waals surface area contributed by atoms with Crippen molar-refractivity contribution in [1.29, 1.82) is 0 Å². The summed E-state index contributed by atoms with van der Waals surface area (Å²) in [5, 5.41) is 2.80. The van der Waals surface area contributed by atoms with Crippen LogP contribution in [0.4, 0.5) is 11.4 Å². The molecule has 0 spiro atoms. The molecule has 0 atom stereocenters. The molecule has 4 rings (SSSR count). The zero-order valence-electron chi connectivity index (χ0n) is 17.1. The molecule has 156 valence electrons. The number of anilines is 2. The predicted molar refractivity (Wildman–Crippen MR) is 125 cm³/mol. The van der Waals surface area contributed by atoms with Gasteiger partial charge in [-0.05, 0) is 30.2 Å².